The summed E-state index contributed by atoms with van der Waals surface area (Å²) in [6.45, 7) is 6.44. The van der Waals surface area contributed by atoms with Gasteiger partial charge < -0.3 is 10.6 Å². The van der Waals surface area contributed by atoms with Crippen molar-refractivity contribution < 1.29 is 9.59 Å². The molecule has 1 aromatic heterocycles. The quantitative estimate of drug-likeness (QED) is 0.702. The number of para-hydroxylation sites is 2. The molecule has 2 amide bonds. The first-order valence-electron chi connectivity index (χ1n) is 9.50. The number of aryl methyl sites for hydroxylation is 1. The zero-order valence-corrected chi connectivity index (χ0v) is 16.2. The Bertz CT molecular complexity index is 860. The Hall–Kier alpha value is -2.70. The zero-order chi connectivity index (χ0) is 19.8. The summed E-state index contributed by atoms with van der Waals surface area (Å²) in [6, 6.07) is 7.27. The molecule has 1 unspecified atom stereocenters. The van der Waals surface area contributed by atoms with Crippen molar-refractivity contribution in [3.8, 4) is 0 Å². The van der Waals surface area contributed by atoms with E-state index in [9.17, 15) is 14.4 Å². The van der Waals surface area contributed by atoms with Crippen LogP contribution < -0.4 is 16.2 Å². The largest absolute Gasteiger partial charge is 0.356 e. The zero-order valence-electron chi connectivity index (χ0n) is 16.2. The van der Waals surface area contributed by atoms with Gasteiger partial charge in [-0.2, -0.15) is 0 Å². The predicted molar refractivity (Wildman–Crippen MR) is 106 cm³/mol. The van der Waals surface area contributed by atoms with Crippen molar-refractivity contribution in [3.63, 3.8) is 0 Å². The summed E-state index contributed by atoms with van der Waals surface area (Å²) >= 11 is 0. The Balaban J connectivity index is 2.29. The molecule has 0 saturated carbocycles. The highest BCUT2D eigenvalue weighted by molar-refractivity contribution is 5.80. The smallest absolute Gasteiger partial charge is 0.273 e. The van der Waals surface area contributed by atoms with Crippen LogP contribution in [0.4, 0.5) is 0 Å². The van der Waals surface area contributed by atoms with Crippen molar-refractivity contribution in [3.05, 3.63) is 40.3 Å². The lowest BCUT2D eigenvalue weighted by Crippen LogP contribution is -2.38. The highest BCUT2D eigenvalue weighted by atomic mass is 16.2. The molecule has 0 spiro atoms. The minimum atomic E-state index is -0.323. The first kappa shape index (κ1) is 20.6. The van der Waals surface area contributed by atoms with Gasteiger partial charge in [0.2, 0.25) is 11.8 Å². The number of fused-ring (bicyclic) bond motifs is 1. The van der Waals surface area contributed by atoms with Crippen molar-refractivity contribution in [2.45, 2.75) is 59.0 Å². The third-order valence-corrected chi connectivity index (χ3v) is 4.40. The van der Waals surface area contributed by atoms with Crippen LogP contribution in [0.1, 0.15) is 45.7 Å². The molecule has 2 N–H and O–H groups in total. The first-order chi connectivity index (χ1) is 13.0. The Morgan fingerprint density at radius 3 is 2.63 bits per heavy atom. The number of hydrogen-bond acceptors (Lipinski definition) is 4. The predicted octanol–water partition coefficient (Wildman–Crippen LogP) is 1.77. The summed E-state index contributed by atoms with van der Waals surface area (Å²) in [5.74, 6) is -0.318. The molecule has 0 bridgehead atoms. The highest BCUT2D eigenvalue weighted by Crippen LogP contribution is 2.11. The molecule has 0 aliphatic carbocycles. The standard InChI is InChI=1S/C20H28N4O3/c1-4-12-21-18(25)11-10-16-20(27)24(13-19(26)22-14(3)5-2)17-9-7-6-8-15(17)23-16/h6-9,14H,4-5,10-13H2,1-3H3,(H,21,25)(H,22,26). The third kappa shape index (κ3) is 5.64. The van der Waals surface area contributed by atoms with E-state index in [0.29, 0.717) is 23.3 Å². The molecule has 7 nitrogen and oxygen atoms in total. The molecule has 2 aromatic rings. The van der Waals surface area contributed by atoms with Gasteiger partial charge >= 0.3 is 0 Å². The second-order valence-electron chi connectivity index (χ2n) is 6.67. The summed E-state index contributed by atoms with van der Waals surface area (Å²) < 4.78 is 1.44. The van der Waals surface area contributed by atoms with Crippen LogP contribution in [0.5, 0.6) is 0 Å². The van der Waals surface area contributed by atoms with Gasteiger partial charge in [-0.1, -0.05) is 26.0 Å². The van der Waals surface area contributed by atoms with Gasteiger partial charge in [-0.05, 0) is 31.9 Å². The van der Waals surface area contributed by atoms with Gasteiger partial charge in [0.1, 0.15) is 12.2 Å². The van der Waals surface area contributed by atoms with Gasteiger partial charge in [-0.15, -0.1) is 0 Å². The van der Waals surface area contributed by atoms with Crippen LogP contribution >= 0.6 is 0 Å². The van der Waals surface area contributed by atoms with Gasteiger partial charge in [-0.25, -0.2) is 4.98 Å². The number of rotatable bonds is 9. The number of hydrogen-bond donors (Lipinski definition) is 2. The molecule has 0 fully saturated rings. The van der Waals surface area contributed by atoms with Gasteiger partial charge in [0.05, 0.1) is 11.0 Å². The van der Waals surface area contributed by atoms with Gasteiger partial charge in [0.25, 0.3) is 5.56 Å². The lowest BCUT2D eigenvalue weighted by atomic mass is 10.2. The van der Waals surface area contributed by atoms with Crippen LogP contribution in [0.3, 0.4) is 0 Å². The van der Waals surface area contributed by atoms with E-state index in [1.807, 2.05) is 32.9 Å². The average Bonchev–Trinajstić information content (AvgIpc) is 2.66. The summed E-state index contributed by atoms with van der Waals surface area (Å²) in [5, 5.41) is 5.67. The van der Waals surface area contributed by atoms with E-state index in [2.05, 4.69) is 15.6 Å². The van der Waals surface area contributed by atoms with Gasteiger partial charge in [0, 0.05) is 25.4 Å². The molecule has 1 aromatic carbocycles. The second-order valence-corrected chi connectivity index (χ2v) is 6.67. The molecular formula is C20H28N4O3. The van der Waals surface area contributed by atoms with Crippen molar-refractivity contribution in [1.82, 2.24) is 20.2 Å². The minimum absolute atomic E-state index is 0.0445. The molecule has 2 rings (SSSR count). The van der Waals surface area contributed by atoms with Gasteiger partial charge in [0.15, 0.2) is 0 Å². The van der Waals surface area contributed by atoms with E-state index in [-0.39, 0.29) is 42.8 Å². The maximum absolute atomic E-state index is 12.9. The van der Waals surface area contributed by atoms with Crippen LogP contribution in [-0.4, -0.2) is 34.0 Å². The van der Waals surface area contributed by atoms with Crippen LogP contribution in [0.15, 0.2) is 29.1 Å². The molecule has 1 atom stereocenters. The maximum atomic E-state index is 12.9. The summed E-state index contributed by atoms with van der Waals surface area (Å²) in [4.78, 5) is 41.5. The van der Waals surface area contributed by atoms with E-state index in [0.717, 1.165) is 12.8 Å². The van der Waals surface area contributed by atoms with Crippen molar-refractivity contribution in [1.29, 1.82) is 0 Å². The van der Waals surface area contributed by atoms with E-state index in [1.165, 1.54) is 4.57 Å². The minimum Gasteiger partial charge on any atom is -0.356 e. The number of carbonyl (C=O) groups excluding carboxylic acids is 2. The van der Waals surface area contributed by atoms with Crippen LogP contribution in [0, 0.1) is 0 Å². The van der Waals surface area contributed by atoms with Crippen LogP contribution in [-0.2, 0) is 22.6 Å². The number of carbonyl (C=O) groups is 2. The number of benzene rings is 1. The number of aromatic nitrogens is 2. The SMILES string of the molecule is CCCNC(=O)CCc1nc2ccccc2n(CC(=O)NC(C)CC)c1=O. The molecular weight excluding hydrogens is 344 g/mol. The molecule has 0 saturated heterocycles. The molecule has 27 heavy (non-hydrogen) atoms. The number of nitrogens with one attached hydrogen (secondary N) is 2. The number of amides is 2. The Morgan fingerprint density at radius 1 is 1.19 bits per heavy atom. The maximum Gasteiger partial charge on any atom is 0.273 e. The topological polar surface area (TPSA) is 93.1 Å². The first-order valence-corrected chi connectivity index (χ1v) is 9.50. The Morgan fingerprint density at radius 2 is 1.93 bits per heavy atom. The fourth-order valence-corrected chi connectivity index (χ4v) is 2.72. The lowest BCUT2D eigenvalue weighted by molar-refractivity contribution is -0.122. The van der Waals surface area contributed by atoms with E-state index in [4.69, 9.17) is 0 Å². The summed E-state index contributed by atoms with van der Waals surface area (Å²) in [7, 11) is 0. The molecule has 0 aliphatic rings. The number of nitrogens with zero attached hydrogens (tertiary/aromatic N) is 2. The lowest BCUT2D eigenvalue weighted by Gasteiger charge is -2.15. The molecule has 7 heteroatoms. The van der Waals surface area contributed by atoms with Crippen molar-refractivity contribution in [2.75, 3.05) is 6.54 Å². The second kappa shape index (κ2) is 9.85. The molecule has 0 radical (unpaired) electrons. The van der Waals surface area contributed by atoms with E-state index < -0.39 is 0 Å². The monoisotopic (exact) mass is 372 g/mol. The fourth-order valence-electron chi connectivity index (χ4n) is 2.72. The summed E-state index contributed by atoms with van der Waals surface area (Å²) in [5.41, 5.74) is 1.23. The highest BCUT2D eigenvalue weighted by Gasteiger charge is 2.15. The van der Waals surface area contributed by atoms with E-state index >= 15 is 0 Å². The van der Waals surface area contributed by atoms with Crippen molar-refractivity contribution >= 4 is 22.8 Å². The Labute approximate surface area is 159 Å². The Kier molecular flexibility index (Phi) is 7.52. The molecule has 0 aliphatic heterocycles. The van der Waals surface area contributed by atoms with Crippen LogP contribution in [0.25, 0.3) is 11.0 Å². The fraction of sp³-hybridized carbons (Fsp3) is 0.500. The normalized spacial score (nSPS) is 12.0. The molecule has 146 valence electrons. The van der Waals surface area contributed by atoms with Crippen molar-refractivity contribution in [2.24, 2.45) is 0 Å². The van der Waals surface area contributed by atoms with Crippen LogP contribution in [0.2, 0.25) is 0 Å². The van der Waals surface area contributed by atoms with Gasteiger partial charge in [-0.3, -0.25) is 19.0 Å². The average molecular weight is 372 g/mol. The summed E-state index contributed by atoms with van der Waals surface area (Å²) in [6.07, 6.45) is 2.11. The third-order valence-electron chi connectivity index (χ3n) is 4.40. The molecule has 1 heterocycles. The van der Waals surface area contributed by atoms with E-state index in [1.54, 1.807) is 12.1 Å².